The number of halogens is 2. The van der Waals surface area contributed by atoms with Gasteiger partial charge in [-0.1, -0.05) is 36.4 Å². The Kier molecular flexibility index (Phi) is 8.28. The fraction of sp³-hybridized carbons (Fsp3) is 0.370. The number of aromatic nitrogens is 2. The topological polar surface area (TPSA) is 59.8 Å². The fourth-order valence-corrected chi connectivity index (χ4v) is 4.04. The number of rotatable bonds is 13. The highest BCUT2D eigenvalue weighted by Crippen LogP contribution is 2.36. The van der Waals surface area contributed by atoms with Crippen molar-refractivity contribution in [3.8, 4) is 22.9 Å². The number of benzene rings is 2. The lowest BCUT2D eigenvalue weighted by Gasteiger charge is -2.25. The van der Waals surface area contributed by atoms with Crippen LogP contribution in [0.1, 0.15) is 18.4 Å². The van der Waals surface area contributed by atoms with Crippen molar-refractivity contribution in [2.24, 2.45) is 13.0 Å². The Morgan fingerprint density at radius 2 is 2.00 bits per heavy atom. The van der Waals surface area contributed by atoms with E-state index in [0.717, 1.165) is 42.6 Å². The largest absolute Gasteiger partial charge is 0.436 e. The van der Waals surface area contributed by atoms with Gasteiger partial charge in [0.05, 0.1) is 24.9 Å². The molecule has 0 radical (unpaired) electrons. The van der Waals surface area contributed by atoms with Gasteiger partial charge in [-0.25, -0.2) is 13.5 Å². The minimum absolute atomic E-state index is 0.0816. The molecule has 35 heavy (non-hydrogen) atoms. The summed E-state index contributed by atoms with van der Waals surface area (Å²) in [4.78, 5) is 2.16. The summed E-state index contributed by atoms with van der Waals surface area (Å²) >= 11 is 0. The van der Waals surface area contributed by atoms with Crippen molar-refractivity contribution in [2.45, 2.75) is 25.5 Å². The molecule has 4 rings (SSSR count). The molecule has 1 N–H and O–H groups in total. The van der Waals surface area contributed by atoms with E-state index in [1.165, 1.54) is 6.07 Å². The van der Waals surface area contributed by atoms with E-state index in [2.05, 4.69) is 16.6 Å². The zero-order valence-electron chi connectivity index (χ0n) is 19.9. The smallest absolute Gasteiger partial charge is 0.222 e. The molecule has 2 aromatic carbocycles. The molecule has 6 nitrogen and oxygen atoms in total. The van der Waals surface area contributed by atoms with E-state index in [4.69, 9.17) is 9.47 Å². The summed E-state index contributed by atoms with van der Waals surface area (Å²) in [7, 11) is 1.73. The normalized spacial score (nSPS) is 14.3. The highest BCUT2D eigenvalue weighted by molar-refractivity contribution is 5.65. The van der Waals surface area contributed by atoms with E-state index < -0.39 is 17.7 Å². The molecule has 1 unspecified atom stereocenters. The van der Waals surface area contributed by atoms with Crippen LogP contribution < -0.4 is 4.74 Å². The number of nitrogens with zero attached hydrogens (tertiary/aromatic N) is 3. The number of aryl methyl sites for hydroxylation is 1. The van der Waals surface area contributed by atoms with Crippen LogP contribution in [-0.2, 0) is 18.3 Å². The lowest BCUT2D eigenvalue weighted by Crippen LogP contribution is -2.36. The second kappa shape index (κ2) is 11.6. The summed E-state index contributed by atoms with van der Waals surface area (Å²) in [6, 6.07) is 12.9. The van der Waals surface area contributed by atoms with Crippen LogP contribution in [-0.4, -0.2) is 52.2 Å². The highest BCUT2D eigenvalue weighted by Gasteiger charge is 2.29. The molecular weight excluding hydrogens is 452 g/mol. The van der Waals surface area contributed by atoms with Gasteiger partial charge in [0.1, 0.15) is 11.5 Å². The molecule has 3 aromatic rings. The first-order valence-corrected chi connectivity index (χ1v) is 11.8. The molecule has 1 fully saturated rings. The van der Waals surface area contributed by atoms with Crippen LogP contribution in [0.4, 0.5) is 8.78 Å². The third-order valence-electron chi connectivity index (χ3n) is 5.85. The van der Waals surface area contributed by atoms with E-state index in [0.29, 0.717) is 37.2 Å². The van der Waals surface area contributed by atoms with Crippen LogP contribution in [0.5, 0.6) is 11.6 Å². The molecule has 1 saturated carbocycles. The van der Waals surface area contributed by atoms with Gasteiger partial charge in [0.25, 0.3) is 0 Å². The molecule has 1 aromatic heterocycles. The van der Waals surface area contributed by atoms with E-state index >= 15 is 0 Å². The van der Waals surface area contributed by atoms with Crippen LogP contribution in [0.2, 0.25) is 0 Å². The van der Waals surface area contributed by atoms with Crippen molar-refractivity contribution in [3.63, 3.8) is 0 Å². The van der Waals surface area contributed by atoms with Crippen LogP contribution in [0.25, 0.3) is 11.3 Å². The molecule has 1 atom stereocenters. The molecule has 0 spiro atoms. The summed E-state index contributed by atoms with van der Waals surface area (Å²) in [5.41, 5.74) is 2.37. The van der Waals surface area contributed by atoms with Crippen molar-refractivity contribution < 1.29 is 23.4 Å². The number of aliphatic hydroxyl groups excluding tert-OH is 1. The van der Waals surface area contributed by atoms with Crippen LogP contribution in [0, 0.1) is 17.6 Å². The lowest BCUT2D eigenvalue weighted by atomic mass is 10.1. The van der Waals surface area contributed by atoms with Crippen molar-refractivity contribution in [1.29, 1.82) is 0 Å². The quantitative estimate of drug-likeness (QED) is 0.276. The SMILES string of the molecule is C=CCOCC(O)CN(Cc1c(-c2ccccc2)nn(C)c1Oc1ccc(F)cc1F)CC1CC1. The van der Waals surface area contributed by atoms with E-state index in [1.807, 2.05) is 30.3 Å². The summed E-state index contributed by atoms with van der Waals surface area (Å²) < 4.78 is 40.8. The molecule has 0 aliphatic heterocycles. The fourth-order valence-electron chi connectivity index (χ4n) is 4.04. The Hall–Kier alpha value is -3.07. The highest BCUT2D eigenvalue weighted by atomic mass is 19.1. The Morgan fingerprint density at radius 3 is 2.69 bits per heavy atom. The summed E-state index contributed by atoms with van der Waals surface area (Å²) in [5, 5.41) is 15.3. The van der Waals surface area contributed by atoms with Gasteiger partial charge in [-0.05, 0) is 30.9 Å². The molecular formula is C27H31F2N3O3. The maximum atomic E-state index is 14.4. The van der Waals surface area contributed by atoms with Crippen molar-refractivity contribution >= 4 is 0 Å². The van der Waals surface area contributed by atoms with E-state index in [9.17, 15) is 13.9 Å². The standard InChI is InChI=1S/C27H31F2N3O3/c1-3-13-34-18-22(33)16-32(15-19-9-10-19)17-23-26(20-7-5-4-6-8-20)30-31(2)27(23)35-25-12-11-21(28)14-24(25)29/h3-8,11-12,14,19,22,33H,1,9-10,13,15-18H2,2H3. The Labute approximate surface area is 204 Å². The second-order valence-electron chi connectivity index (χ2n) is 8.92. The molecule has 1 heterocycles. The van der Waals surface area contributed by atoms with Gasteiger partial charge in [-0.3, -0.25) is 4.90 Å². The van der Waals surface area contributed by atoms with Crippen molar-refractivity contribution in [3.05, 3.63) is 78.4 Å². The van der Waals surface area contributed by atoms with Gasteiger partial charge >= 0.3 is 0 Å². The maximum absolute atomic E-state index is 14.4. The van der Waals surface area contributed by atoms with Crippen LogP contribution >= 0.6 is 0 Å². The lowest BCUT2D eigenvalue weighted by molar-refractivity contribution is 0.0235. The number of ether oxygens (including phenoxy) is 2. The molecule has 186 valence electrons. The maximum Gasteiger partial charge on any atom is 0.222 e. The molecule has 8 heteroatoms. The molecule has 0 bridgehead atoms. The molecule has 1 aliphatic rings. The Bertz CT molecular complexity index is 1130. The summed E-state index contributed by atoms with van der Waals surface area (Å²) in [5.74, 6) is -0.599. The molecule has 0 amide bonds. The van der Waals surface area contributed by atoms with Gasteiger partial charge in [0, 0.05) is 38.3 Å². The summed E-state index contributed by atoms with van der Waals surface area (Å²) in [6.45, 7) is 5.86. The van der Waals surface area contributed by atoms with Crippen molar-refractivity contribution in [2.75, 3.05) is 26.3 Å². The van der Waals surface area contributed by atoms with Gasteiger partial charge in [0.15, 0.2) is 11.6 Å². The molecule has 1 aliphatic carbocycles. The average molecular weight is 484 g/mol. The summed E-state index contributed by atoms with van der Waals surface area (Å²) in [6.07, 6.45) is 3.28. The molecule has 0 saturated heterocycles. The third kappa shape index (κ3) is 6.75. The minimum atomic E-state index is -0.789. The van der Waals surface area contributed by atoms with Crippen LogP contribution in [0.15, 0.2) is 61.2 Å². The number of hydrogen-bond donors (Lipinski definition) is 1. The van der Waals surface area contributed by atoms with Gasteiger partial charge in [0.2, 0.25) is 5.88 Å². The predicted molar refractivity (Wildman–Crippen MR) is 130 cm³/mol. The van der Waals surface area contributed by atoms with Gasteiger partial charge in [-0.2, -0.15) is 5.10 Å². The number of hydrogen-bond acceptors (Lipinski definition) is 5. The number of aliphatic hydroxyl groups is 1. The zero-order chi connectivity index (χ0) is 24.8. The zero-order valence-corrected chi connectivity index (χ0v) is 19.9. The van der Waals surface area contributed by atoms with Crippen LogP contribution in [0.3, 0.4) is 0 Å². The predicted octanol–water partition coefficient (Wildman–Crippen LogP) is 4.93. The average Bonchev–Trinajstić information content (AvgIpc) is 3.60. The first-order valence-electron chi connectivity index (χ1n) is 11.8. The Morgan fingerprint density at radius 1 is 1.23 bits per heavy atom. The van der Waals surface area contributed by atoms with Crippen molar-refractivity contribution in [1.82, 2.24) is 14.7 Å². The van der Waals surface area contributed by atoms with Gasteiger partial charge in [-0.15, -0.1) is 6.58 Å². The third-order valence-corrected chi connectivity index (χ3v) is 5.85. The first-order chi connectivity index (χ1) is 16.9. The first kappa shape index (κ1) is 25.0. The van der Waals surface area contributed by atoms with E-state index in [-0.39, 0.29) is 12.4 Å². The van der Waals surface area contributed by atoms with Gasteiger partial charge < -0.3 is 14.6 Å². The second-order valence-corrected chi connectivity index (χ2v) is 8.92. The van der Waals surface area contributed by atoms with E-state index in [1.54, 1.807) is 17.8 Å². The minimum Gasteiger partial charge on any atom is -0.436 e. The Balaban J connectivity index is 1.66. The monoisotopic (exact) mass is 483 g/mol.